The Bertz CT molecular complexity index is 681. The third-order valence-corrected chi connectivity index (χ3v) is 3.41. The van der Waals surface area contributed by atoms with Crippen LogP contribution in [0.3, 0.4) is 0 Å². The highest BCUT2D eigenvalue weighted by molar-refractivity contribution is 5.86. The average molecular weight is 311 g/mol. The van der Waals surface area contributed by atoms with Crippen molar-refractivity contribution in [2.24, 2.45) is 5.10 Å². The molecule has 5 heteroatoms. The van der Waals surface area contributed by atoms with Gasteiger partial charge in [-0.05, 0) is 55.3 Å². The van der Waals surface area contributed by atoms with Gasteiger partial charge in [-0.3, -0.25) is 4.79 Å². The number of benzene rings is 2. The molecule has 0 radical (unpaired) electrons. The number of methoxy groups -OCH3 is 1. The van der Waals surface area contributed by atoms with E-state index in [1.54, 1.807) is 20.2 Å². The highest BCUT2D eigenvalue weighted by Gasteiger charge is 2.12. The molecule has 1 amide bonds. The van der Waals surface area contributed by atoms with E-state index in [1.165, 1.54) is 0 Å². The van der Waals surface area contributed by atoms with Gasteiger partial charge in [-0.25, -0.2) is 5.43 Å². The maximum Gasteiger partial charge on any atom is 0.262 e. The van der Waals surface area contributed by atoms with Gasteiger partial charge in [0.1, 0.15) is 11.8 Å². The summed E-state index contributed by atoms with van der Waals surface area (Å²) in [5, 5.41) is 7.15. The van der Waals surface area contributed by atoms with Gasteiger partial charge in [-0.1, -0.05) is 18.2 Å². The van der Waals surface area contributed by atoms with E-state index >= 15 is 0 Å². The standard InChI is InChI=1S/C18H21N3O2/c1-13-6-4-5-7-17(13)20-14(2)18(22)21-19-12-15-8-10-16(23-3)11-9-15/h4-12,14,20H,1-3H3,(H,21,22)/b19-12-/t14-/m0/s1. The Kier molecular flexibility index (Phi) is 5.74. The molecule has 2 rings (SSSR count). The summed E-state index contributed by atoms with van der Waals surface area (Å²) in [6, 6.07) is 14.9. The van der Waals surface area contributed by atoms with E-state index in [0.29, 0.717) is 0 Å². The molecule has 0 spiro atoms. The van der Waals surface area contributed by atoms with Gasteiger partial charge in [0, 0.05) is 5.69 Å². The van der Waals surface area contributed by atoms with Crippen LogP contribution in [0.25, 0.3) is 0 Å². The van der Waals surface area contributed by atoms with Crippen LogP contribution in [0.4, 0.5) is 5.69 Å². The van der Waals surface area contributed by atoms with Crippen molar-refractivity contribution < 1.29 is 9.53 Å². The molecule has 0 saturated carbocycles. The van der Waals surface area contributed by atoms with Gasteiger partial charge in [-0.15, -0.1) is 0 Å². The summed E-state index contributed by atoms with van der Waals surface area (Å²) in [5.74, 6) is 0.584. The minimum absolute atomic E-state index is 0.196. The molecule has 0 heterocycles. The highest BCUT2D eigenvalue weighted by Crippen LogP contribution is 2.14. The monoisotopic (exact) mass is 311 g/mol. The van der Waals surface area contributed by atoms with E-state index < -0.39 is 0 Å². The molecule has 0 saturated heterocycles. The van der Waals surface area contributed by atoms with Crippen molar-refractivity contribution in [1.82, 2.24) is 5.43 Å². The molecule has 0 fully saturated rings. The van der Waals surface area contributed by atoms with Crippen molar-refractivity contribution in [3.63, 3.8) is 0 Å². The zero-order valence-corrected chi connectivity index (χ0v) is 13.5. The first-order chi connectivity index (χ1) is 11.1. The maximum absolute atomic E-state index is 12.0. The molecular formula is C18H21N3O2. The largest absolute Gasteiger partial charge is 0.497 e. The lowest BCUT2D eigenvalue weighted by Gasteiger charge is -2.15. The minimum atomic E-state index is -0.385. The number of rotatable bonds is 6. The fourth-order valence-electron chi connectivity index (χ4n) is 1.99. The van der Waals surface area contributed by atoms with Crippen molar-refractivity contribution in [3.8, 4) is 5.75 Å². The van der Waals surface area contributed by atoms with Gasteiger partial charge >= 0.3 is 0 Å². The van der Waals surface area contributed by atoms with Gasteiger partial charge in [-0.2, -0.15) is 5.10 Å². The van der Waals surface area contributed by atoms with Gasteiger partial charge in [0.2, 0.25) is 0 Å². The molecule has 2 aromatic rings. The predicted octanol–water partition coefficient (Wildman–Crippen LogP) is 2.95. The van der Waals surface area contributed by atoms with Crippen molar-refractivity contribution in [3.05, 3.63) is 59.7 Å². The fraction of sp³-hybridized carbons (Fsp3) is 0.222. The van der Waals surface area contributed by atoms with Crippen molar-refractivity contribution in [1.29, 1.82) is 0 Å². The first-order valence-electron chi connectivity index (χ1n) is 7.39. The molecule has 23 heavy (non-hydrogen) atoms. The quantitative estimate of drug-likeness (QED) is 0.637. The Hall–Kier alpha value is -2.82. The number of hydrogen-bond donors (Lipinski definition) is 2. The summed E-state index contributed by atoms with van der Waals surface area (Å²) >= 11 is 0. The number of anilines is 1. The zero-order valence-electron chi connectivity index (χ0n) is 13.5. The summed E-state index contributed by atoms with van der Waals surface area (Å²) in [4.78, 5) is 12.0. The second-order valence-electron chi connectivity index (χ2n) is 5.19. The minimum Gasteiger partial charge on any atom is -0.497 e. The van der Waals surface area contributed by atoms with Gasteiger partial charge in [0.25, 0.3) is 5.91 Å². The molecule has 0 unspecified atom stereocenters. The van der Waals surface area contributed by atoms with Crippen LogP contribution in [0, 0.1) is 6.92 Å². The summed E-state index contributed by atoms with van der Waals surface area (Å²) in [6.45, 7) is 3.79. The Morgan fingerprint density at radius 1 is 1.17 bits per heavy atom. The van der Waals surface area contributed by atoms with Crippen molar-refractivity contribution in [2.45, 2.75) is 19.9 Å². The fourth-order valence-corrected chi connectivity index (χ4v) is 1.99. The Balaban J connectivity index is 1.88. The topological polar surface area (TPSA) is 62.7 Å². The summed E-state index contributed by atoms with van der Waals surface area (Å²) in [6.07, 6.45) is 1.60. The lowest BCUT2D eigenvalue weighted by Crippen LogP contribution is -2.35. The molecule has 0 aliphatic heterocycles. The van der Waals surface area contributed by atoms with Gasteiger partial charge < -0.3 is 10.1 Å². The second-order valence-corrected chi connectivity index (χ2v) is 5.19. The van der Waals surface area contributed by atoms with Crippen LogP contribution < -0.4 is 15.5 Å². The number of nitrogens with zero attached hydrogens (tertiary/aromatic N) is 1. The van der Waals surface area contributed by atoms with Crippen LogP contribution in [0.15, 0.2) is 53.6 Å². The number of amides is 1. The number of carbonyl (C=O) groups excluding carboxylic acids is 1. The number of hydrogen-bond acceptors (Lipinski definition) is 4. The lowest BCUT2D eigenvalue weighted by molar-refractivity contribution is -0.121. The first kappa shape index (κ1) is 16.5. The van der Waals surface area contributed by atoms with Crippen LogP contribution in [0.1, 0.15) is 18.1 Å². The molecule has 1 atom stereocenters. The second kappa shape index (κ2) is 7.98. The molecule has 5 nitrogen and oxygen atoms in total. The third-order valence-electron chi connectivity index (χ3n) is 3.41. The highest BCUT2D eigenvalue weighted by atomic mass is 16.5. The number of carbonyl (C=O) groups is 1. The van der Waals surface area contributed by atoms with E-state index in [-0.39, 0.29) is 11.9 Å². The SMILES string of the molecule is COc1ccc(/C=N\NC(=O)[C@H](C)Nc2ccccc2C)cc1. The smallest absolute Gasteiger partial charge is 0.262 e. The van der Waals surface area contributed by atoms with Crippen LogP contribution >= 0.6 is 0 Å². The molecule has 2 aromatic carbocycles. The van der Waals surface area contributed by atoms with Gasteiger partial charge in [0.05, 0.1) is 13.3 Å². The number of aryl methyl sites for hydroxylation is 1. The van der Waals surface area contributed by atoms with E-state index in [0.717, 1.165) is 22.6 Å². The van der Waals surface area contributed by atoms with Crippen LogP contribution in [-0.4, -0.2) is 25.3 Å². The number of hydrazone groups is 1. The molecule has 0 aromatic heterocycles. The van der Waals surface area contributed by atoms with E-state index in [2.05, 4.69) is 15.8 Å². The molecule has 120 valence electrons. The first-order valence-corrected chi connectivity index (χ1v) is 7.39. The third kappa shape index (κ3) is 4.85. The normalized spacial score (nSPS) is 12.0. The predicted molar refractivity (Wildman–Crippen MR) is 93.0 cm³/mol. The average Bonchev–Trinajstić information content (AvgIpc) is 2.57. The molecule has 0 bridgehead atoms. The Morgan fingerprint density at radius 3 is 2.52 bits per heavy atom. The Labute approximate surface area is 136 Å². The number of nitrogens with one attached hydrogen (secondary N) is 2. The van der Waals surface area contributed by atoms with Gasteiger partial charge in [0.15, 0.2) is 0 Å². The molecular weight excluding hydrogens is 290 g/mol. The maximum atomic E-state index is 12.0. The number of ether oxygens (including phenoxy) is 1. The number of para-hydroxylation sites is 1. The van der Waals surface area contributed by atoms with Crippen LogP contribution in [-0.2, 0) is 4.79 Å². The molecule has 2 N–H and O–H groups in total. The molecule has 0 aliphatic carbocycles. The van der Waals surface area contributed by atoms with Crippen molar-refractivity contribution in [2.75, 3.05) is 12.4 Å². The van der Waals surface area contributed by atoms with Crippen molar-refractivity contribution >= 4 is 17.8 Å². The zero-order chi connectivity index (χ0) is 16.7. The summed E-state index contributed by atoms with van der Waals surface area (Å²) in [7, 11) is 1.62. The molecule has 0 aliphatic rings. The summed E-state index contributed by atoms with van der Waals surface area (Å²) < 4.78 is 5.09. The summed E-state index contributed by atoms with van der Waals surface area (Å²) in [5.41, 5.74) is 5.45. The van der Waals surface area contributed by atoms with E-state index in [1.807, 2.05) is 55.5 Å². The van der Waals surface area contributed by atoms with Crippen LogP contribution in [0.5, 0.6) is 5.75 Å². The van der Waals surface area contributed by atoms with Crippen LogP contribution in [0.2, 0.25) is 0 Å². The van der Waals surface area contributed by atoms with E-state index in [4.69, 9.17) is 4.74 Å². The Morgan fingerprint density at radius 2 is 1.87 bits per heavy atom. The lowest BCUT2D eigenvalue weighted by atomic mass is 10.2. The van der Waals surface area contributed by atoms with E-state index in [9.17, 15) is 4.79 Å².